The summed E-state index contributed by atoms with van der Waals surface area (Å²) in [6, 6.07) is 8.33. The van der Waals surface area contributed by atoms with Crippen molar-refractivity contribution >= 4 is 0 Å². The van der Waals surface area contributed by atoms with Gasteiger partial charge in [0.2, 0.25) is 0 Å². The molecule has 16 heavy (non-hydrogen) atoms. The maximum atomic E-state index is 9.45. The van der Waals surface area contributed by atoms with Crippen LogP contribution in [-0.2, 0) is 0 Å². The van der Waals surface area contributed by atoms with Crippen molar-refractivity contribution in [1.82, 2.24) is 0 Å². The largest absolute Gasteiger partial charge is 0.396 e. The van der Waals surface area contributed by atoms with Crippen molar-refractivity contribution in [3.63, 3.8) is 0 Å². The highest BCUT2D eigenvalue weighted by Crippen LogP contribution is 2.24. The van der Waals surface area contributed by atoms with Gasteiger partial charge in [0.1, 0.15) is 0 Å². The van der Waals surface area contributed by atoms with Crippen molar-refractivity contribution in [2.24, 2.45) is 0 Å². The summed E-state index contributed by atoms with van der Waals surface area (Å²) in [6.45, 7) is 6.57. The SMILES string of the molecule is CC(C)=CCC[C@@H](CO)c1ccccc1C. The Kier molecular flexibility index (Phi) is 5.27. The summed E-state index contributed by atoms with van der Waals surface area (Å²) in [4.78, 5) is 0. The molecule has 0 heterocycles. The maximum Gasteiger partial charge on any atom is 0.0499 e. The Hall–Kier alpha value is -1.08. The summed E-state index contributed by atoms with van der Waals surface area (Å²) >= 11 is 0. The first kappa shape index (κ1) is 13.0. The van der Waals surface area contributed by atoms with Crippen LogP contribution in [0.2, 0.25) is 0 Å². The second-order valence-corrected chi connectivity index (χ2v) is 4.59. The zero-order valence-corrected chi connectivity index (χ0v) is 10.5. The lowest BCUT2D eigenvalue weighted by Gasteiger charge is -2.16. The molecule has 1 aromatic carbocycles. The molecule has 0 aromatic heterocycles. The molecule has 1 aromatic rings. The summed E-state index contributed by atoms with van der Waals surface area (Å²) in [5, 5.41) is 9.45. The molecule has 88 valence electrons. The molecular weight excluding hydrogens is 196 g/mol. The topological polar surface area (TPSA) is 20.2 Å². The third kappa shape index (κ3) is 3.82. The van der Waals surface area contributed by atoms with Crippen LogP contribution in [0.15, 0.2) is 35.9 Å². The van der Waals surface area contributed by atoms with Crippen LogP contribution in [-0.4, -0.2) is 11.7 Å². The van der Waals surface area contributed by atoms with Crippen molar-refractivity contribution in [1.29, 1.82) is 0 Å². The minimum absolute atomic E-state index is 0.238. The van der Waals surface area contributed by atoms with Crippen LogP contribution in [0, 0.1) is 6.92 Å². The molecule has 0 saturated carbocycles. The fraction of sp³-hybridized carbons (Fsp3) is 0.467. The van der Waals surface area contributed by atoms with E-state index in [1.807, 2.05) is 12.1 Å². The van der Waals surface area contributed by atoms with E-state index in [2.05, 4.69) is 39.0 Å². The van der Waals surface area contributed by atoms with Crippen LogP contribution in [0.25, 0.3) is 0 Å². The number of aliphatic hydroxyl groups is 1. The zero-order chi connectivity index (χ0) is 12.0. The van der Waals surface area contributed by atoms with E-state index >= 15 is 0 Å². The van der Waals surface area contributed by atoms with E-state index in [1.165, 1.54) is 16.7 Å². The zero-order valence-electron chi connectivity index (χ0n) is 10.5. The second kappa shape index (κ2) is 6.49. The Bertz CT molecular complexity index is 348. The standard InChI is InChI=1S/C15H22O/c1-12(2)7-6-9-14(11-16)15-10-5-4-8-13(15)3/h4-5,7-8,10,14,16H,6,9,11H2,1-3H3/t14-/m0/s1. The summed E-state index contributed by atoms with van der Waals surface area (Å²) in [7, 11) is 0. The van der Waals surface area contributed by atoms with E-state index in [0.29, 0.717) is 0 Å². The number of aryl methyl sites for hydroxylation is 1. The molecule has 0 fully saturated rings. The van der Waals surface area contributed by atoms with Gasteiger partial charge >= 0.3 is 0 Å². The number of aliphatic hydroxyl groups excluding tert-OH is 1. The fourth-order valence-corrected chi connectivity index (χ4v) is 1.96. The predicted molar refractivity (Wildman–Crippen MR) is 69.7 cm³/mol. The number of allylic oxidation sites excluding steroid dienone is 2. The monoisotopic (exact) mass is 218 g/mol. The van der Waals surface area contributed by atoms with Crippen LogP contribution < -0.4 is 0 Å². The fourth-order valence-electron chi connectivity index (χ4n) is 1.96. The minimum Gasteiger partial charge on any atom is -0.396 e. The van der Waals surface area contributed by atoms with Crippen molar-refractivity contribution < 1.29 is 5.11 Å². The molecule has 1 nitrogen and oxygen atoms in total. The maximum absolute atomic E-state index is 9.45. The van der Waals surface area contributed by atoms with Crippen molar-refractivity contribution in [3.05, 3.63) is 47.0 Å². The quantitative estimate of drug-likeness (QED) is 0.745. The molecule has 0 bridgehead atoms. The number of hydrogen-bond donors (Lipinski definition) is 1. The first-order chi connectivity index (χ1) is 7.65. The summed E-state index contributed by atoms with van der Waals surface area (Å²) in [5.74, 6) is 0.275. The van der Waals surface area contributed by atoms with Gasteiger partial charge in [0, 0.05) is 12.5 Å². The van der Waals surface area contributed by atoms with Gasteiger partial charge in [-0.1, -0.05) is 35.9 Å². The second-order valence-electron chi connectivity index (χ2n) is 4.59. The predicted octanol–water partition coefficient (Wildman–Crippen LogP) is 3.82. The van der Waals surface area contributed by atoms with Crippen molar-refractivity contribution in [2.75, 3.05) is 6.61 Å². The Labute approximate surface area is 98.8 Å². The van der Waals surface area contributed by atoms with Gasteiger partial charge in [-0.05, 0) is 44.7 Å². The molecule has 0 aliphatic carbocycles. The average Bonchev–Trinajstić information content (AvgIpc) is 2.25. The summed E-state index contributed by atoms with van der Waals surface area (Å²) in [5.41, 5.74) is 3.91. The molecule has 0 radical (unpaired) electrons. The van der Waals surface area contributed by atoms with Crippen LogP contribution in [0.1, 0.15) is 43.7 Å². The van der Waals surface area contributed by atoms with Gasteiger partial charge in [0.25, 0.3) is 0 Å². The van der Waals surface area contributed by atoms with Crippen LogP contribution in [0.3, 0.4) is 0 Å². The van der Waals surface area contributed by atoms with Crippen LogP contribution in [0.4, 0.5) is 0 Å². The van der Waals surface area contributed by atoms with Gasteiger partial charge in [-0.25, -0.2) is 0 Å². The van der Waals surface area contributed by atoms with E-state index in [1.54, 1.807) is 0 Å². The molecule has 1 rings (SSSR count). The first-order valence-corrected chi connectivity index (χ1v) is 5.95. The van der Waals surface area contributed by atoms with Gasteiger partial charge in [0.15, 0.2) is 0 Å². The number of hydrogen-bond acceptors (Lipinski definition) is 1. The van der Waals surface area contributed by atoms with E-state index in [0.717, 1.165) is 12.8 Å². The lowest BCUT2D eigenvalue weighted by Crippen LogP contribution is -2.05. The van der Waals surface area contributed by atoms with Gasteiger partial charge in [-0.15, -0.1) is 0 Å². The molecule has 1 N–H and O–H groups in total. The Morgan fingerprint density at radius 2 is 2.00 bits per heavy atom. The number of benzene rings is 1. The first-order valence-electron chi connectivity index (χ1n) is 5.95. The van der Waals surface area contributed by atoms with Crippen LogP contribution >= 0.6 is 0 Å². The molecule has 1 atom stereocenters. The third-order valence-electron chi connectivity index (χ3n) is 2.92. The Morgan fingerprint density at radius 1 is 1.31 bits per heavy atom. The summed E-state index contributed by atoms with van der Waals surface area (Å²) in [6.07, 6.45) is 4.30. The normalized spacial score (nSPS) is 12.2. The molecular formula is C15H22O. The van der Waals surface area contributed by atoms with Gasteiger partial charge in [-0.2, -0.15) is 0 Å². The van der Waals surface area contributed by atoms with Gasteiger partial charge in [-0.3, -0.25) is 0 Å². The minimum atomic E-state index is 0.238. The van der Waals surface area contributed by atoms with Crippen molar-refractivity contribution in [3.8, 4) is 0 Å². The molecule has 0 saturated heterocycles. The summed E-state index contributed by atoms with van der Waals surface area (Å²) < 4.78 is 0. The molecule has 0 aliphatic heterocycles. The van der Waals surface area contributed by atoms with Crippen molar-refractivity contribution in [2.45, 2.75) is 39.5 Å². The van der Waals surface area contributed by atoms with Gasteiger partial charge in [0.05, 0.1) is 0 Å². The van der Waals surface area contributed by atoms with E-state index in [4.69, 9.17) is 0 Å². The number of rotatable bonds is 5. The molecule has 0 amide bonds. The van der Waals surface area contributed by atoms with Gasteiger partial charge < -0.3 is 5.11 Å². The Balaban J connectivity index is 2.68. The highest BCUT2D eigenvalue weighted by Gasteiger charge is 2.11. The lowest BCUT2D eigenvalue weighted by atomic mass is 9.91. The average molecular weight is 218 g/mol. The Morgan fingerprint density at radius 3 is 2.56 bits per heavy atom. The third-order valence-corrected chi connectivity index (χ3v) is 2.92. The molecule has 0 unspecified atom stereocenters. The lowest BCUT2D eigenvalue weighted by molar-refractivity contribution is 0.259. The van der Waals surface area contributed by atoms with E-state index in [9.17, 15) is 5.11 Å². The molecule has 0 spiro atoms. The molecule has 0 aliphatic rings. The van der Waals surface area contributed by atoms with E-state index in [-0.39, 0.29) is 12.5 Å². The molecule has 1 heteroatoms. The van der Waals surface area contributed by atoms with Crippen LogP contribution in [0.5, 0.6) is 0 Å². The highest BCUT2D eigenvalue weighted by atomic mass is 16.3. The van der Waals surface area contributed by atoms with E-state index < -0.39 is 0 Å². The smallest absolute Gasteiger partial charge is 0.0499 e. The highest BCUT2D eigenvalue weighted by molar-refractivity contribution is 5.29.